The van der Waals surface area contributed by atoms with E-state index in [4.69, 9.17) is 9.72 Å². The zero-order valence-corrected chi connectivity index (χ0v) is 19.7. The number of ether oxygens (including phenoxy) is 1. The maximum absolute atomic E-state index is 13.2. The van der Waals surface area contributed by atoms with E-state index in [1.807, 2.05) is 60.7 Å². The molecule has 1 N–H and O–H groups in total. The summed E-state index contributed by atoms with van der Waals surface area (Å²) in [6.07, 6.45) is 1.66. The number of carbonyl (C=O) groups excluding carboxylic acids is 1. The molecule has 0 saturated carbocycles. The van der Waals surface area contributed by atoms with Gasteiger partial charge in [0.25, 0.3) is 5.56 Å². The number of hydrogen-bond acceptors (Lipinski definition) is 6. The first-order chi connectivity index (χ1) is 16.1. The van der Waals surface area contributed by atoms with Crippen LogP contribution in [0.4, 0.5) is 0 Å². The Labute approximate surface area is 199 Å². The Bertz CT molecular complexity index is 1350. The van der Waals surface area contributed by atoms with Gasteiger partial charge >= 0.3 is 0 Å². The lowest BCUT2D eigenvalue weighted by Gasteiger charge is -2.11. The molecule has 0 fully saturated rings. The number of thioether (sulfide) groups is 1. The van der Waals surface area contributed by atoms with E-state index in [-0.39, 0.29) is 17.2 Å². The third kappa shape index (κ3) is 5.18. The number of benzene rings is 2. The largest absolute Gasteiger partial charge is 0.496 e. The molecule has 33 heavy (non-hydrogen) atoms. The summed E-state index contributed by atoms with van der Waals surface area (Å²) in [7, 11) is 1.60. The lowest BCUT2D eigenvalue weighted by Crippen LogP contribution is -2.26. The van der Waals surface area contributed by atoms with Gasteiger partial charge in [0.2, 0.25) is 5.91 Å². The second-order valence-electron chi connectivity index (χ2n) is 7.17. The van der Waals surface area contributed by atoms with Crippen molar-refractivity contribution in [2.24, 2.45) is 0 Å². The molecule has 0 spiro atoms. The van der Waals surface area contributed by atoms with Crippen LogP contribution in [-0.4, -0.2) is 28.3 Å². The number of methoxy groups -OCH3 is 1. The molecule has 168 valence electrons. The predicted molar refractivity (Wildman–Crippen MR) is 135 cm³/mol. The Morgan fingerprint density at radius 1 is 1.21 bits per heavy atom. The van der Waals surface area contributed by atoms with Crippen molar-refractivity contribution in [2.75, 3.05) is 12.9 Å². The minimum absolute atomic E-state index is 0.121. The number of aromatic nitrogens is 2. The average molecular weight is 478 g/mol. The molecule has 2 aromatic carbocycles. The molecule has 1 amide bonds. The van der Waals surface area contributed by atoms with Gasteiger partial charge in [-0.05, 0) is 17.7 Å². The highest BCUT2D eigenvalue weighted by Crippen LogP contribution is 2.32. The minimum atomic E-state index is -0.152. The fourth-order valence-corrected chi connectivity index (χ4v) is 5.25. The van der Waals surface area contributed by atoms with Gasteiger partial charge < -0.3 is 10.1 Å². The van der Waals surface area contributed by atoms with Crippen LogP contribution in [0.15, 0.2) is 83.3 Å². The molecule has 4 aromatic rings. The van der Waals surface area contributed by atoms with E-state index in [0.29, 0.717) is 28.5 Å². The van der Waals surface area contributed by atoms with E-state index >= 15 is 0 Å². The molecule has 0 bridgehead atoms. The molecule has 2 heterocycles. The van der Waals surface area contributed by atoms with Gasteiger partial charge in [0.15, 0.2) is 5.16 Å². The van der Waals surface area contributed by atoms with Gasteiger partial charge in [-0.1, -0.05) is 66.4 Å². The van der Waals surface area contributed by atoms with Gasteiger partial charge in [-0.3, -0.25) is 14.2 Å². The number of carbonyl (C=O) groups is 1. The monoisotopic (exact) mass is 477 g/mol. The first-order valence-corrected chi connectivity index (χ1v) is 12.1. The third-order valence-corrected chi connectivity index (χ3v) is 7.11. The summed E-state index contributed by atoms with van der Waals surface area (Å²) in [5, 5.41) is 3.40. The minimum Gasteiger partial charge on any atom is -0.496 e. The molecule has 8 heteroatoms. The van der Waals surface area contributed by atoms with Gasteiger partial charge in [-0.15, -0.1) is 17.9 Å². The summed E-state index contributed by atoms with van der Waals surface area (Å²) in [5.41, 5.74) is 2.46. The smallest absolute Gasteiger partial charge is 0.272 e. The van der Waals surface area contributed by atoms with Gasteiger partial charge in [-0.25, -0.2) is 4.98 Å². The number of hydrogen-bond donors (Lipinski definition) is 1. The van der Waals surface area contributed by atoms with Gasteiger partial charge in [0.1, 0.15) is 10.4 Å². The number of nitrogens with zero attached hydrogens (tertiary/aromatic N) is 2. The van der Waals surface area contributed by atoms with Gasteiger partial charge in [-0.2, -0.15) is 0 Å². The third-order valence-electron chi connectivity index (χ3n) is 4.97. The summed E-state index contributed by atoms with van der Waals surface area (Å²) in [5.74, 6) is 0.713. The Balaban J connectivity index is 1.53. The average Bonchev–Trinajstić information content (AvgIpc) is 3.28. The number of rotatable bonds is 9. The number of fused-ring (bicyclic) bond motifs is 1. The fraction of sp³-hybridized carbons (Fsp3) is 0.160. The Hall–Kier alpha value is -3.36. The lowest BCUT2D eigenvalue weighted by atomic mass is 10.2. The maximum Gasteiger partial charge on any atom is 0.272 e. The molecular weight excluding hydrogens is 454 g/mol. The van der Waals surface area contributed by atoms with E-state index in [2.05, 4.69) is 11.9 Å². The van der Waals surface area contributed by atoms with Crippen molar-refractivity contribution in [1.82, 2.24) is 14.9 Å². The Kier molecular flexibility index (Phi) is 7.26. The molecule has 4 rings (SSSR count). The molecule has 6 nitrogen and oxygen atoms in total. The van der Waals surface area contributed by atoms with Crippen molar-refractivity contribution in [2.45, 2.75) is 18.2 Å². The summed E-state index contributed by atoms with van der Waals surface area (Å²) < 4.78 is 7.49. The van der Waals surface area contributed by atoms with E-state index in [1.165, 1.54) is 23.1 Å². The lowest BCUT2D eigenvalue weighted by molar-refractivity contribution is -0.118. The molecule has 2 aromatic heterocycles. The predicted octanol–water partition coefficient (Wildman–Crippen LogP) is 4.73. The fourth-order valence-electron chi connectivity index (χ4n) is 3.36. The summed E-state index contributed by atoms with van der Waals surface area (Å²) >= 11 is 2.67. The summed E-state index contributed by atoms with van der Waals surface area (Å²) in [6.45, 7) is 4.45. The van der Waals surface area contributed by atoms with Crippen LogP contribution in [0, 0.1) is 0 Å². The number of thiophene rings is 1. The van der Waals surface area contributed by atoms with Crippen LogP contribution in [0.25, 0.3) is 20.7 Å². The molecule has 0 unspecified atom stereocenters. The first-order valence-electron chi connectivity index (χ1n) is 10.3. The molecule has 0 radical (unpaired) electrons. The van der Waals surface area contributed by atoms with Crippen molar-refractivity contribution >= 4 is 39.2 Å². The second-order valence-corrected chi connectivity index (χ2v) is 9.16. The maximum atomic E-state index is 13.2. The van der Waals surface area contributed by atoms with Crippen molar-refractivity contribution in [3.63, 3.8) is 0 Å². The number of amides is 1. The number of allylic oxidation sites excluding steroid dienone is 1. The standard InChI is InChI=1S/C25H23N3O3S2/c1-3-13-28-24(30)23-19(14-21(33-23)17-9-5-4-6-10-17)27-25(28)32-16-22(29)26-15-18-11-7-8-12-20(18)31-2/h3-12,14H,1,13,15-16H2,2H3,(H,26,29). The summed E-state index contributed by atoms with van der Waals surface area (Å²) in [4.78, 5) is 31.3. The second kappa shape index (κ2) is 10.5. The van der Waals surface area contributed by atoms with Crippen LogP contribution in [0.2, 0.25) is 0 Å². The highest BCUT2D eigenvalue weighted by Gasteiger charge is 2.16. The van der Waals surface area contributed by atoms with Crippen LogP contribution in [0.3, 0.4) is 0 Å². The first kappa shape index (κ1) is 22.8. The van der Waals surface area contributed by atoms with Crippen molar-refractivity contribution in [3.8, 4) is 16.2 Å². The summed E-state index contributed by atoms with van der Waals surface area (Å²) in [6, 6.07) is 19.4. The Morgan fingerprint density at radius 2 is 1.97 bits per heavy atom. The highest BCUT2D eigenvalue weighted by atomic mass is 32.2. The number of para-hydroxylation sites is 1. The number of nitrogens with one attached hydrogen (secondary N) is 1. The van der Waals surface area contributed by atoms with Crippen molar-refractivity contribution < 1.29 is 9.53 Å². The SMILES string of the molecule is C=CCn1c(SCC(=O)NCc2ccccc2OC)nc2cc(-c3ccccc3)sc2c1=O. The van der Waals surface area contributed by atoms with E-state index < -0.39 is 0 Å². The van der Waals surface area contributed by atoms with E-state index in [0.717, 1.165) is 21.8 Å². The quantitative estimate of drug-likeness (QED) is 0.214. The van der Waals surface area contributed by atoms with Gasteiger partial charge in [0, 0.05) is 23.5 Å². The van der Waals surface area contributed by atoms with Crippen molar-refractivity contribution in [3.05, 3.63) is 89.2 Å². The van der Waals surface area contributed by atoms with Crippen LogP contribution >= 0.6 is 23.1 Å². The molecule has 0 atom stereocenters. The Morgan fingerprint density at radius 3 is 2.73 bits per heavy atom. The zero-order chi connectivity index (χ0) is 23.2. The van der Waals surface area contributed by atoms with Crippen LogP contribution < -0.4 is 15.6 Å². The van der Waals surface area contributed by atoms with E-state index in [1.54, 1.807) is 17.8 Å². The topological polar surface area (TPSA) is 73.2 Å². The van der Waals surface area contributed by atoms with Gasteiger partial charge in [0.05, 0.1) is 18.4 Å². The zero-order valence-electron chi connectivity index (χ0n) is 18.1. The molecule has 0 aliphatic carbocycles. The molecule has 0 aliphatic rings. The molecule has 0 saturated heterocycles. The van der Waals surface area contributed by atoms with Crippen LogP contribution in [0.5, 0.6) is 5.75 Å². The van der Waals surface area contributed by atoms with Crippen LogP contribution in [0.1, 0.15) is 5.56 Å². The molecular formula is C25H23N3O3S2. The molecule has 0 aliphatic heterocycles. The van der Waals surface area contributed by atoms with Crippen molar-refractivity contribution in [1.29, 1.82) is 0 Å². The normalized spacial score (nSPS) is 10.8. The van der Waals surface area contributed by atoms with Crippen LogP contribution in [-0.2, 0) is 17.9 Å². The highest BCUT2D eigenvalue weighted by molar-refractivity contribution is 7.99. The van der Waals surface area contributed by atoms with E-state index in [9.17, 15) is 9.59 Å².